The summed E-state index contributed by atoms with van der Waals surface area (Å²) in [5, 5.41) is 26.3. The number of rotatable bonds is 10. The standard InChI is InChI=1S/C27H34N6O/c34-17-27(20-5-2-1-3-6-20)30-15-22-11-12-28-14-21(22)7-4-8-23-16-29-26-10-9-24(13-25(23)26)33-18-31-32-19-33/h1-3,5-6,9-10,13,16,18-19,21-22,27-30,34H,4,7-8,11-12,14-15,17H2/t21?,22-,27?/m0/s1. The maximum absolute atomic E-state index is 9.90. The van der Waals surface area contributed by atoms with Gasteiger partial charge >= 0.3 is 0 Å². The number of hydrogen-bond acceptors (Lipinski definition) is 5. The van der Waals surface area contributed by atoms with E-state index < -0.39 is 0 Å². The number of aliphatic hydroxyl groups is 1. The zero-order valence-corrected chi connectivity index (χ0v) is 19.5. The first kappa shape index (κ1) is 22.8. The Balaban J connectivity index is 1.18. The summed E-state index contributed by atoms with van der Waals surface area (Å²) in [6.07, 6.45) is 10.2. The van der Waals surface area contributed by atoms with Crippen molar-refractivity contribution in [3.63, 3.8) is 0 Å². The van der Waals surface area contributed by atoms with Gasteiger partial charge in [0.1, 0.15) is 12.7 Å². The molecule has 2 unspecified atom stereocenters. The molecule has 3 atom stereocenters. The van der Waals surface area contributed by atoms with Gasteiger partial charge in [-0.1, -0.05) is 30.3 Å². The van der Waals surface area contributed by atoms with Gasteiger partial charge in [0.25, 0.3) is 0 Å². The minimum Gasteiger partial charge on any atom is -0.394 e. The topological polar surface area (TPSA) is 90.8 Å². The number of aromatic nitrogens is 4. The van der Waals surface area contributed by atoms with E-state index in [1.165, 1.54) is 29.3 Å². The fourth-order valence-electron chi connectivity index (χ4n) is 5.27. The van der Waals surface area contributed by atoms with Gasteiger partial charge in [0.2, 0.25) is 0 Å². The summed E-state index contributed by atoms with van der Waals surface area (Å²) in [7, 11) is 0. The van der Waals surface area contributed by atoms with Crippen LogP contribution in [0.25, 0.3) is 16.6 Å². The summed E-state index contributed by atoms with van der Waals surface area (Å²) < 4.78 is 1.94. The minimum absolute atomic E-state index is 0.00264. The third kappa shape index (κ3) is 5.22. The zero-order chi connectivity index (χ0) is 23.2. The van der Waals surface area contributed by atoms with E-state index in [4.69, 9.17) is 0 Å². The van der Waals surface area contributed by atoms with Crippen molar-refractivity contribution in [3.8, 4) is 5.69 Å². The van der Waals surface area contributed by atoms with Gasteiger partial charge in [-0.3, -0.25) is 4.57 Å². The van der Waals surface area contributed by atoms with Crippen molar-refractivity contribution in [1.82, 2.24) is 30.4 Å². The lowest BCUT2D eigenvalue weighted by Gasteiger charge is -2.33. The first-order valence-electron chi connectivity index (χ1n) is 12.4. The second-order valence-electron chi connectivity index (χ2n) is 9.37. The molecule has 0 aliphatic carbocycles. The SMILES string of the molecule is OCC(NC[C@@H]1CCNCC1CCCc1c[nH]c2ccc(-n3cnnc3)cc12)c1ccccc1. The summed E-state index contributed by atoms with van der Waals surface area (Å²) in [5.41, 5.74) is 4.77. The van der Waals surface area contributed by atoms with Gasteiger partial charge in [-0.2, -0.15) is 0 Å². The summed E-state index contributed by atoms with van der Waals surface area (Å²) in [6, 6.07) is 16.7. The van der Waals surface area contributed by atoms with Crippen molar-refractivity contribution in [3.05, 3.63) is 78.5 Å². The van der Waals surface area contributed by atoms with Gasteiger partial charge in [0.15, 0.2) is 0 Å². The maximum atomic E-state index is 9.90. The Morgan fingerprint density at radius 1 is 1.09 bits per heavy atom. The molecule has 178 valence electrons. The molecule has 34 heavy (non-hydrogen) atoms. The number of nitrogens with zero attached hydrogens (tertiary/aromatic N) is 3. The third-order valence-electron chi connectivity index (χ3n) is 7.26. The number of aliphatic hydroxyl groups excluding tert-OH is 1. The smallest absolute Gasteiger partial charge is 0.123 e. The van der Waals surface area contributed by atoms with E-state index in [0.717, 1.165) is 43.7 Å². The molecule has 4 N–H and O–H groups in total. The average molecular weight is 459 g/mol. The molecular formula is C27H34N6O. The van der Waals surface area contributed by atoms with Crippen LogP contribution in [0.1, 0.15) is 36.4 Å². The number of piperidine rings is 1. The molecular weight excluding hydrogens is 424 g/mol. The molecule has 1 aliphatic rings. The lowest BCUT2D eigenvalue weighted by Crippen LogP contribution is -2.42. The molecule has 2 aromatic heterocycles. The molecule has 2 aromatic carbocycles. The quantitative estimate of drug-likeness (QED) is 0.291. The predicted molar refractivity (Wildman–Crippen MR) is 135 cm³/mol. The normalized spacial score (nSPS) is 19.4. The van der Waals surface area contributed by atoms with Crippen molar-refractivity contribution in [2.75, 3.05) is 26.2 Å². The predicted octanol–water partition coefficient (Wildman–Crippen LogP) is 3.62. The van der Waals surface area contributed by atoms with E-state index in [-0.39, 0.29) is 12.6 Å². The van der Waals surface area contributed by atoms with Gasteiger partial charge in [0, 0.05) is 22.8 Å². The molecule has 4 aromatic rings. The molecule has 0 amide bonds. The lowest BCUT2D eigenvalue weighted by molar-refractivity contribution is 0.199. The van der Waals surface area contributed by atoms with E-state index in [0.29, 0.717) is 11.8 Å². The van der Waals surface area contributed by atoms with Crippen LogP contribution in [0.15, 0.2) is 67.4 Å². The lowest BCUT2D eigenvalue weighted by atomic mass is 9.82. The number of H-pyrrole nitrogens is 1. The van der Waals surface area contributed by atoms with Crippen LogP contribution in [0.4, 0.5) is 0 Å². The van der Waals surface area contributed by atoms with Gasteiger partial charge in [0.05, 0.1) is 12.6 Å². The van der Waals surface area contributed by atoms with E-state index in [9.17, 15) is 5.11 Å². The fourth-order valence-corrected chi connectivity index (χ4v) is 5.27. The minimum atomic E-state index is 0.00264. The number of nitrogens with one attached hydrogen (secondary N) is 3. The van der Waals surface area contributed by atoms with Crippen LogP contribution < -0.4 is 10.6 Å². The largest absolute Gasteiger partial charge is 0.394 e. The fraction of sp³-hybridized carbons (Fsp3) is 0.407. The van der Waals surface area contributed by atoms with Crippen LogP contribution in [0.2, 0.25) is 0 Å². The highest BCUT2D eigenvalue weighted by atomic mass is 16.3. The molecule has 1 saturated heterocycles. The Morgan fingerprint density at radius 3 is 2.76 bits per heavy atom. The van der Waals surface area contributed by atoms with Gasteiger partial charge < -0.3 is 20.7 Å². The molecule has 5 rings (SSSR count). The number of aromatic amines is 1. The van der Waals surface area contributed by atoms with Gasteiger partial charge in [-0.15, -0.1) is 10.2 Å². The van der Waals surface area contributed by atoms with E-state index in [1.54, 1.807) is 12.7 Å². The second-order valence-corrected chi connectivity index (χ2v) is 9.37. The van der Waals surface area contributed by atoms with Crippen LogP contribution >= 0.6 is 0 Å². The Labute approximate surface area is 200 Å². The number of aryl methyl sites for hydroxylation is 1. The van der Waals surface area contributed by atoms with Gasteiger partial charge in [-0.25, -0.2) is 0 Å². The van der Waals surface area contributed by atoms with Crippen molar-refractivity contribution in [2.45, 2.75) is 31.7 Å². The monoisotopic (exact) mass is 458 g/mol. The van der Waals surface area contributed by atoms with Crippen LogP contribution in [-0.4, -0.2) is 51.1 Å². The second kappa shape index (κ2) is 11.0. The summed E-state index contributed by atoms with van der Waals surface area (Å²) in [6.45, 7) is 3.22. The summed E-state index contributed by atoms with van der Waals surface area (Å²) in [5.74, 6) is 1.27. The Kier molecular flexibility index (Phi) is 7.34. The van der Waals surface area contributed by atoms with E-state index in [1.807, 2.05) is 22.8 Å². The summed E-state index contributed by atoms with van der Waals surface area (Å²) >= 11 is 0. The van der Waals surface area contributed by atoms with Crippen molar-refractivity contribution in [1.29, 1.82) is 0 Å². The van der Waals surface area contributed by atoms with Crippen molar-refractivity contribution >= 4 is 10.9 Å². The molecule has 0 saturated carbocycles. The molecule has 1 aliphatic heterocycles. The van der Waals surface area contributed by atoms with E-state index >= 15 is 0 Å². The van der Waals surface area contributed by atoms with Crippen LogP contribution in [0, 0.1) is 11.8 Å². The first-order chi connectivity index (χ1) is 16.8. The molecule has 0 radical (unpaired) electrons. The average Bonchev–Trinajstić information content (AvgIpc) is 3.56. The molecule has 0 spiro atoms. The Hall–Kier alpha value is -3.00. The number of benzene rings is 2. The van der Waals surface area contributed by atoms with Crippen molar-refractivity contribution in [2.24, 2.45) is 11.8 Å². The molecule has 1 fully saturated rings. The number of fused-ring (bicyclic) bond motifs is 1. The van der Waals surface area contributed by atoms with Crippen LogP contribution in [0.3, 0.4) is 0 Å². The van der Waals surface area contributed by atoms with E-state index in [2.05, 4.69) is 62.3 Å². The number of hydrogen-bond donors (Lipinski definition) is 4. The van der Waals surface area contributed by atoms with Crippen molar-refractivity contribution < 1.29 is 5.11 Å². The van der Waals surface area contributed by atoms with Crippen LogP contribution in [-0.2, 0) is 6.42 Å². The van der Waals surface area contributed by atoms with Crippen LogP contribution in [0.5, 0.6) is 0 Å². The molecule has 7 heteroatoms. The molecule has 3 heterocycles. The highest BCUT2D eigenvalue weighted by Crippen LogP contribution is 2.27. The third-order valence-corrected chi connectivity index (χ3v) is 7.26. The summed E-state index contributed by atoms with van der Waals surface area (Å²) in [4.78, 5) is 3.43. The Morgan fingerprint density at radius 2 is 1.94 bits per heavy atom. The highest BCUT2D eigenvalue weighted by Gasteiger charge is 2.25. The molecule has 7 nitrogen and oxygen atoms in total. The zero-order valence-electron chi connectivity index (χ0n) is 19.5. The molecule has 0 bridgehead atoms. The first-order valence-corrected chi connectivity index (χ1v) is 12.4. The van der Waals surface area contributed by atoms with Gasteiger partial charge in [-0.05, 0) is 86.5 Å². The highest BCUT2D eigenvalue weighted by molar-refractivity contribution is 5.85. The Bertz CT molecular complexity index is 1160. The maximum Gasteiger partial charge on any atom is 0.123 e.